The summed E-state index contributed by atoms with van der Waals surface area (Å²) in [6, 6.07) is 1.97. The number of methoxy groups -OCH3 is 1. The van der Waals surface area contributed by atoms with E-state index in [9.17, 15) is 4.79 Å². The zero-order valence-electron chi connectivity index (χ0n) is 15.9. The Labute approximate surface area is 154 Å². The Morgan fingerprint density at radius 3 is 2.58 bits per heavy atom. The average molecular weight is 357 g/mol. The van der Waals surface area contributed by atoms with Crippen LogP contribution in [0.2, 0.25) is 0 Å². The monoisotopic (exact) mass is 357 g/mol. The number of hydrogen-bond donors (Lipinski definition) is 1. The van der Waals surface area contributed by atoms with Crippen LogP contribution in [0.15, 0.2) is 18.6 Å². The molecule has 0 bridgehead atoms. The molecule has 0 radical (unpaired) electrons. The van der Waals surface area contributed by atoms with E-state index in [2.05, 4.69) is 34.1 Å². The maximum Gasteiger partial charge on any atom is 0.270 e. The van der Waals surface area contributed by atoms with Gasteiger partial charge in [-0.2, -0.15) is 0 Å². The predicted molar refractivity (Wildman–Crippen MR) is 98.8 cm³/mol. The Morgan fingerprint density at radius 2 is 2.00 bits per heavy atom. The van der Waals surface area contributed by atoms with Gasteiger partial charge in [0.2, 0.25) is 0 Å². The van der Waals surface area contributed by atoms with Gasteiger partial charge in [-0.15, -0.1) is 0 Å². The zero-order valence-corrected chi connectivity index (χ0v) is 15.9. The number of ether oxygens (including phenoxy) is 1. The van der Waals surface area contributed by atoms with Crippen molar-refractivity contribution >= 4 is 5.91 Å². The van der Waals surface area contributed by atoms with Gasteiger partial charge in [0.05, 0.1) is 18.6 Å². The molecule has 1 amide bonds. The lowest BCUT2D eigenvalue weighted by molar-refractivity contribution is 0.0598. The van der Waals surface area contributed by atoms with Gasteiger partial charge in [0.1, 0.15) is 11.4 Å². The standard InChI is InChI=1S/C19H27N5O2/c1-12(2)15-9-16(23-18(22-15)17-10-20-11-24(17)3)19(25)21-13-5-7-14(26-4)8-6-13/h9-14H,5-8H2,1-4H3,(H,21,25)/t13-,14-. The molecule has 0 aromatic carbocycles. The third kappa shape index (κ3) is 4.09. The number of hydrogen-bond acceptors (Lipinski definition) is 5. The van der Waals surface area contributed by atoms with Crippen molar-refractivity contribution < 1.29 is 9.53 Å². The molecular weight excluding hydrogens is 330 g/mol. The normalized spacial score (nSPS) is 20.3. The summed E-state index contributed by atoms with van der Waals surface area (Å²) in [7, 11) is 3.64. The number of carbonyl (C=O) groups excluding carboxylic acids is 1. The molecule has 2 heterocycles. The Kier molecular flexibility index (Phi) is 5.66. The molecule has 0 unspecified atom stereocenters. The molecule has 1 aliphatic carbocycles. The number of aryl methyl sites for hydroxylation is 1. The summed E-state index contributed by atoms with van der Waals surface area (Å²) >= 11 is 0. The van der Waals surface area contributed by atoms with Crippen molar-refractivity contribution in [2.75, 3.05) is 7.11 Å². The first-order valence-corrected chi connectivity index (χ1v) is 9.17. The number of nitrogens with one attached hydrogen (secondary N) is 1. The van der Waals surface area contributed by atoms with Gasteiger partial charge in [-0.25, -0.2) is 15.0 Å². The molecular formula is C19H27N5O2. The highest BCUT2D eigenvalue weighted by atomic mass is 16.5. The average Bonchev–Trinajstić information content (AvgIpc) is 3.08. The van der Waals surface area contributed by atoms with E-state index in [1.165, 1.54) is 0 Å². The SMILES string of the molecule is CO[C@H]1CC[C@H](NC(=O)c2cc(C(C)C)nc(-c3cncn3C)n2)CC1. The van der Waals surface area contributed by atoms with E-state index in [-0.39, 0.29) is 17.9 Å². The molecule has 1 saturated carbocycles. The minimum absolute atomic E-state index is 0.140. The van der Waals surface area contributed by atoms with Crippen molar-refractivity contribution in [2.45, 2.75) is 57.6 Å². The molecule has 1 N–H and O–H groups in total. The van der Waals surface area contributed by atoms with Crippen LogP contribution in [0.3, 0.4) is 0 Å². The van der Waals surface area contributed by atoms with Gasteiger partial charge in [0.15, 0.2) is 5.82 Å². The summed E-state index contributed by atoms with van der Waals surface area (Å²) in [5.74, 6) is 0.594. The van der Waals surface area contributed by atoms with Crippen LogP contribution in [0.5, 0.6) is 0 Å². The van der Waals surface area contributed by atoms with Crippen molar-refractivity contribution in [3.63, 3.8) is 0 Å². The predicted octanol–water partition coefficient (Wildman–Crippen LogP) is 2.69. The number of rotatable bonds is 5. The fourth-order valence-corrected chi connectivity index (χ4v) is 3.27. The largest absolute Gasteiger partial charge is 0.381 e. The third-order valence-electron chi connectivity index (χ3n) is 4.96. The number of aromatic nitrogens is 4. The Balaban J connectivity index is 1.81. The van der Waals surface area contributed by atoms with Crippen LogP contribution in [0.1, 0.15) is 61.6 Å². The lowest BCUT2D eigenvalue weighted by atomic mass is 9.93. The zero-order chi connectivity index (χ0) is 18.7. The van der Waals surface area contributed by atoms with Crippen LogP contribution in [-0.4, -0.2) is 44.7 Å². The van der Waals surface area contributed by atoms with Crippen LogP contribution in [0, 0.1) is 0 Å². The van der Waals surface area contributed by atoms with E-state index in [4.69, 9.17) is 4.74 Å². The fraction of sp³-hybridized carbons (Fsp3) is 0.579. The van der Waals surface area contributed by atoms with Crippen molar-refractivity contribution in [1.29, 1.82) is 0 Å². The van der Waals surface area contributed by atoms with Gasteiger partial charge in [-0.3, -0.25) is 4.79 Å². The molecule has 0 aliphatic heterocycles. The van der Waals surface area contributed by atoms with E-state index in [0.29, 0.717) is 17.6 Å². The van der Waals surface area contributed by atoms with E-state index in [0.717, 1.165) is 37.1 Å². The number of nitrogens with zero attached hydrogens (tertiary/aromatic N) is 4. The lowest BCUT2D eigenvalue weighted by Gasteiger charge is -2.28. The number of imidazole rings is 1. The summed E-state index contributed by atoms with van der Waals surface area (Å²) in [4.78, 5) is 26.0. The summed E-state index contributed by atoms with van der Waals surface area (Å²) in [5.41, 5.74) is 2.06. The summed E-state index contributed by atoms with van der Waals surface area (Å²) < 4.78 is 7.25. The topological polar surface area (TPSA) is 81.9 Å². The number of amides is 1. The summed E-state index contributed by atoms with van der Waals surface area (Å²) in [6.45, 7) is 4.12. The highest BCUT2D eigenvalue weighted by Gasteiger charge is 2.24. The van der Waals surface area contributed by atoms with Gasteiger partial charge in [0.25, 0.3) is 5.91 Å². The van der Waals surface area contributed by atoms with Gasteiger partial charge in [-0.1, -0.05) is 13.8 Å². The molecule has 2 aromatic rings. The molecule has 0 atom stereocenters. The maximum absolute atomic E-state index is 12.8. The van der Waals surface area contributed by atoms with Crippen molar-refractivity contribution in [3.05, 3.63) is 30.0 Å². The molecule has 7 heteroatoms. The van der Waals surface area contributed by atoms with Crippen LogP contribution in [0.4, 0.5) is 0 Å². The van der Waals surface area contributed by atoms with Crippen LogP contribution in [0.25, 0.3) is 11.5 Å². The van der Waals surface area contributed by atoms with E-state index < -0.39 is 0 Å². The first-order chi connectivity index (χ1) is 12.5. The van der Waals surface area contributed by atoms with Crippen molar-refractivity contribution in [1.82, 2.24) is 24.8 Å². The third-order valence-corrected chi connectivity index (χ3v) is 4.96. The minimum Gasteiger partial charge on any atom is -0.381 e. The van der Waals surface area contributed by atoms with Crippen LogP contribution in [-0.2, 0) is 11.8 Å². The molecule has 140 valence electrons. The Morgan fingerprint density at radius 1 is 1.27 bits per heavy atom. The van der Waals surface area contributed by atoms with Crippen LogP contribution >= 0.6 is 0 Å². The quantitative estimate of drug-likeness (QED) is 0.890. The second-order valence-electron chi connectivity index (χ2n) is 7.23. The second kappa shape index (κ2) is 7.95. The molecule has 26 heavy (non-hydrogen) atoms. The van der Waals surface area contributed by atoms with Gasteiger partial charge < -0.3 is 14.6 Å². The van der Waals surface area contributed by atoms with E-state index in [1.54, 1.807) is 25.7 Å². The molecule has 7 nitrogen and oxygen atoms in total. The van der Waals surface area contributed by atoms with E-state index in [1.807, 2.05) is 11.6 Å². The molecule has 0 spiro atoms. The molecule has 3 rings (SSSR count). The molecule has 0 saturated heterocycles. The fourth-order valence-electron chi connectivity index (χ4n) is 3.27. The first-order valence-electron chi connectivity index (χ1n) is 9.17. The molecule has 1 aliphatic rings. The highest BCUT2D eigenvalue weighted by Crippen LogP contribution is 2.22. The van der Waals surface area contributed by atoms with Crippen molar-refractivity contribution in [2.24, 2.45) is 7.05 Å². The molecule has 2 aromatic heterocycles. The Hall–Kier alpha value is -2.28. The minimum atomic E-state index is -0.140. The lowest BCUT2D eigenvalue weighted by Crippen LogP contribution is -2.39. The van der Waals surface area contributed by atoms with E-state index >= 15 is 0 Å². The first kappa shape index (κ1) is 18.5. The van der Waals surface area contributed by atoms with Crippen molar-refractivity contribution in [3.8, 4) is 11.5 Å². The Bertz CT molecular complexity index is 763. The highest BCUT2D eigenvalue weighted by molar-refractivity contribution is 5.93. The van der Waals surface area contributed by atoms with Crippen LogP contribution < -0.4 is 5.32 Å². The van der Waals surface area contributed by atoms with Gasteiger partial charge >= 0.3 is 0 Å². The maximum atomic E-state index is 12.8. The number of carbonyl (C=O) groups is 1. The van der Waals surface area contributed by atoms with Gasteiger partial charge in [0, 0.05) is 25.9 Å². The van der Waals surface area contributed by atoms with Gasteiger partial charge in [-0.05, 0) is 37.7 Å². The summed E-state index contributed by atoms with van der Waals surface area (Å²) in [6.07, 6.45) is 7.54. The second-order valence-corrected chi connectivity index (χ2v) is 7.23. The molecule has 1 fully saturated rings. The smallest absolute Gasteiger partial charge is 0.270 e. The summed E-state index contributed by atoms with van der Waals surface area (Å²) in [5, 5.41) is 3.13.